The van der Waals surface area contributed by atoms with E-state index in [1.54, 1.807) is 13.8 Å². The number of hydrogen-bond acceptors (Lipinski definition) is 17. The van der Waals surface area contributed by atoms with E-state index in [9.17, 15) is 71.2 Å². The third-order valence-electron chi connectivity index (χ3n) is 13.8. The minimum atomic E-state index is -1.78. The third kappa shape index (κ3) is 22.9. The summed E-state index contributed by atoms with van der Waals surface area (Å²) in [5, 5.41) is 138. The lowest BCUT2D eigenvalue weighted by atomic mass is 9.86. The lowest BCUT2D eigenvalue weighted by molar-refractivity contribution is -0.283. The fourth-order valence-electron chi connectivity index (χ4n) is 9.30. The molecule has 2 heterocycles. The molecule has 65 heavy (non-hydrogen) atoms. The predicted molar refractivity (Wildman–Crippen MR) is 241 cm³/mol. The van der Waals surface area contributed by atoms with Crippen molar-refractivity contribution >= 4 is 5.97 Å². The summed E-state index contributed by atoms with van der Waals surface area (Å²) in [4.78, 5) is 12.4. The Balaban J connectivity index is 2.11. The van der Waals surface area contributed by atoms with Gasteiger partial charge >= 0.3 is 5.97 Å². The van der Waals surface area contributed by atoms with Crippen molar-refractivity contribution in [1.82, 2.24) is 0 Å². The highest BCUT2D eigenvalue weighted by molar-refractivity contribution is 5.71. The van der Waals surface area contributed by atoms with Gasteiger partial charge in [0.2, 0.25) is 0 Å². The summed E-state index contributed by atoms with van der Waals surface area (Å²) in [5.74, 6) is -3.57. The van der Waals surface area contributed by atoms with Gasteiger partial charge in [0, 0.05) is 31.6 Å². The number of hydrogen-bond donors (Lipinski definition) is 14. The largest absolute Gasteiger partial charge is 0.481 e. The maximum absolute atomic E-state index is 12.4. The normalized spacial score (nSPS) is 43.4. The Labute approximate surface area is 387 Å². The Morgan fingerprint density at radius 1 is 0.477 bits per heavy atom. The van der Waals surface area contributed by atoms with Gasteiger partial charge in [-0.05, 0) is 58.3 Å². The molecule has 20 atom stereocenters. The molecule has 0 aromatic carbocycles. The highest BCUT2D eigenvalue weighted by Gasteiger charge is 2.43. The number of ether oxygens (including phenoxy) is 3. The van der Waals surface area contributed by atoms with Gasteiger partial charge < -0.3 is 86.3 Å². The van der Waals surface area contributed by atoms with Crippen molar-refractivity contribution in [3.63, 3.8) is 0 Å². The zero-order valence-corrected chi connectivity index (χ0v) is 39.6. The maximum Gasteiger partial charge on any atom is 0.311 e. The summed E-state index contributed by atoms with van der Waals surface area (Å²) in [6.07, 6.45) is -8.09. The van der Waals surface area contributed by atoms with Crippen molar-refractivity contribution < 1.29 is 85.4 Å². The molecule has 0 saturated carbocycles. The van der Waals surface area contributed by atoms with Crippen LogP contribution in [0.2, 0.25) is 0 Å². The molecule has 0 aromatic heterocycles. The average molecular weight is 942 g/mol. The van der Waals surface area contributed by atoms with Gasteiger partial charge in [0.25, 0.3) is 0 Å². The molecule has 18 heteroatoms. The van der Waals surface area contributed by atoms with Crippen LogP contribution in [0.25, 0.3) is 0 Å². The van der Waals surface area contributed by atoms with Crippen LogP contribution in [0.3, 0.4) is 0 Å². The maximum atomic E-state index is 12.4. The molecule has 0 aromatic rings. The first-order valence-electron chi connectivity index (χ1n) is 24.7. The Kier molecular flexibility index (Phi) is 29.4. The quantitative estimate of drug-likeness (QED) is 0.191. The number of carbonyl (C=O) groups is 1. The van der Waals surface area contributed by atoms with Crippen molar-refractivity contribution in [3.05, 3.63) is 0 Å². The molecule has 2 aliphatic rings. The number of aliphatic carboxylic acids is 1. The summed E-state index contributed by atoms with van der Waals surface area (Å²) in [6.45, 7) is 7.21. The highest BCUT2D eigenvalue weighted by Crippen LogP contribution is 2.29. The van der Waals surface area contributed by atoms with Gasteiger partial charge in [-0.1, -0.05) is 90.9 Å². The zero-order valence-electron chi connectivity index (χ0n) is 39.6. The van der Waals surface area contributed by atoms with Crippen molar-refractivity contribution in [2.75, 3.05) is 0 Å². The lowest BCUT2D eigenvalue weighted by Gasteiger charge is -2.41. The molecule has 15 N–H and O–H groups in total. The van der Waals surface area contributed by atoms with Crippen LogP contribution in [0.5, 0.6) is 0 Å². The molecule has 2 saturated heterocycles. The summed E-state index contributed by atoms with van der Waals surface area (Å²) < 4.78 is 17.5. The van der Waals surface area contributed by atoms with Gasteiger partial charge in [0.15, 0.2) is 12.6 Å². The SMILES string of the molecule is C[C@@H]1[C@H](O)[C@H](C)CCCCCCCCCCCCCC[C@H](O[C@@H]2O[C@H](C)[C@H](O)[C@H](N)[C@@H]2O)C[C@H](O)[C@H](C(=O)O)[C@H](O)C[C@H](O)C[C@H](O)C[C@H](O)[C@H](O)CC[C@H](O)C[C@H](O)C[C@H](O)O[C@@H]1C. The van der Waals surface area contributed by atoms with Crippen LogP contribution in [0, 0.1) is 17.8 Å². The second-order valence-corrected chi connectivity index (χ2v) is 19.7. The predicted octanol–water partition coefficient (Wildman–Crippen LogP) is 1.71. The van der Waals surface area contributed by atoms with Gasteiger partial charge in [0.1, 0.15) is 12.0 Å². The number of aliphatic hydroxyl groups excluding tert-OH is 12. The lowest BCUT2D eigenvalue weighted by Crippen LogP contribution is -2.61. The van der Waals surface area contributed by atoms with Crippen molar-refractivity contribution in [2.45, 2.75) is 273 Å². The Hall–Kier alpha value is -1.17. The van der Waals surface area contributed by atoms with Crippen LogP contribution in [-0.4, -0.2) is 176 Å². The van der Waals surface area contributed by atoms with Crippen LogP contribution in [-0.2, 0) is 19.0 Å². The molecule has 0 radical (unpaired) electrons. The van der Waals surface area contributed by atoms with Gasteiger partial charge in [0.05, 0.1) is 85.4 Å². The summed E-state index contributed by atoms with van der Waals surface area (Å²) in [6, 6.07) is -1.08. The number of nitrogens with two attached hydrogens (primary N) is 1. The average Bonchev–Trinajstić information content (AvgIpc) is 3.22. The Morgan fingerprint density at radius 2 is 0.954 bits per heavy atom. The van der Waals surface area contributed by atoms with Crippen molar-refractivity contribution in [1.29, 1.82) is 0 Å². The van der Waals surface area contributed by atoms with E-state index in [1.807, 2.05) is 13.8 Å². The van der Waals surface area contributed by atoms with Crippen molar-refractivity contribution in [2.24, 2.45) is 23.5 Å². The van der Waals surface area contributed by atoms with Crippen LogP contribution in [0.1, 0.15) is 169 Å². The number of aliphatic hydroxyl groups is 12. The van der Waals surface area contributed by atoms with Crippen LogP contribution < -0.4 is 5.73 Å². The summed E-state index contributed by atoms with van der Waals surface area (Å²) in [5.41, 5.74) is 6.02. The second-order valence-electron chi connectivity index (χ2n) is 19.7. The molecule has 0 amide bonds. The zero-order chi connectivity index (χ0) is 48.8. The van der Waals surface area contributed by atoms with Crippen LogP contribution in [0.4, 0.5) is 0 Å². The summed E-state index contributed by atoms with van der Waals surface area (Å²) >= 11 is 0. The molecule has 2 rings (SSSR count). The monoisotopic (exact) mass is 942 g/mol. The van der Waals surface area contributed by atoms with Gasteiger partial charge in [-0.15, -0.1) is 0 Å². The van der Waals surface area contributed by atoms with E-state index in [0.717, 1.165) is 77.0 Å². The van der Waals surface area contributed by atoms with Crippen LogP contribution in [0.15, 0.2) is 0 Å². The second kappa shape index (κ2) is 31.9. The van der Waals surface area contributed by atoms with E-state index < -0.39 is 135 Å². The molecule has 18 nitrogen and oxygen atoms in total. The first-order chi connectivity index (χ1) is 30.6. The first kappa shape index (κ1) is 60.0. The van der Waals surface area contributed by atoms with E-state index in [4.69, 9.17) is 19.9 Å². The van der Waals surface area contributed by atoms with E-state index in [-0.39, 0.29) is 43.9 Å². The van der Waals surface area contributed by atoms with Crippen LogP contribution >= 0.6 is 0 Å². The van der Waals surface area contributed by atoms with Gasteiger partial charge in [-0.25, -0.2) is 0 Å². The molecular weight excluding hydrogens is 851 g/mol. The molecule has 0 spiro atoms. The van der Waals surface area contributed by atoms with E-state index in [0.29, 0.717) is 12.8 Å². The number of carboxylic acid groups (broad SMARTS) is 1. The topological polar surface area (TPSA) is 334 Å². The minimum Gasteiger partial charge on any atom is -0.481 e. The van der Waals surface area contributed by atoms with Gasteiger partial charge in [-0.3, -0.25) is 4.79 Å². The fourth-order valence-corrected chi connectivity index (χ4v) is 9.30. The smallest absolute Gasteiger partial charge is 0.311 e. The Bertz CT molecular complexity index is 1240. The highest BCUT2D eigenvalue weighted by atomic mass is 16.7. The van der Waals surface area contributed by atoms with Crippen molar-refractivity contribution in [3.8, 4) is 0 Å². The minimum absolute atomic E-state index is 0.0309. The van der Waals surface area contributed by atoms with E-state index in [1.165, 1.54) is 0 Å². The molecule has 0 unspecified atom stereocenters. The molecule has 0 bridgehead atoms. The Morgan fingerprint density at radius 3 is 1.51 bits per heavy atom. The van der Waals surface area contributed by atoms with Gasteiger partial charge in [-0.2, -0.15) is 0 Å². The molecule has 2 fully saturated rings. The fraction of sp³-hybridized carbons (Fsp3) is 0.979. The first-order valence-corrected chi connectivity index (χ1v) is 24.7. The molecular formula is C47H91NO17. The standard InChI is InChI=1S/C47H91NO17/c1-27-17-15-13-11-9-7-5-6-8-10-12-14-16-18-35(65-47-45(60)42(48)44(59)30(4)64-47)26-39(56)41(46(61)62)38(55)24-33(51)22-32(50)23-37(54)36(53)20-19-31(49)21-34(52)25-40(57)63-29(3)28(2)43(27)58/h27-45,47,49-60H,5-26,48H2,1-4H3,(H,61,62)/t27-,28+,29-,30-,31+,32+,33-,34+,35+,36-,37+,38-,39+,40-,41-,42+,43-,44+,45+,47+/m1/s1. The number of rotatable bonds is 3. The summed E-state index contributed by atoms with van der Waals surface area (Å²) in [7, 11) is 0. The molecule has 2 aliphatic heterocycles. The van der Waals surface area contributed by atoms with E-state index in [2.05, 4.69) is 0 Å². The molecule has 0 aliphatic carbocycles. The number of carboxylic acids is 1. The third-order valence-corrected chi connectivity index (χ3v) is 13.8. The molecule has 386 valence electrons. The van der Waals surface area contributed by atoms with E-state index >= 15 is 0 Å².